The third kappa shape index (κ3) is 5.31. The van der Waals surface area contributed by atoms with Crippen molar-refractivity contribution in [3.8, 4) is 5.75 Å². The maximum absolute atomic E-state index is 13.7. The fourth-order valence-corrected chi connectivity index (χ4v) is 4.31. The highest BCUT2D eigenvalue weighted by Gasteiger charge is 2.21. The van der Waals surface area contributed by atoms with Gasteiger partial charge in [0.05, 0.1) is 23.2 Å². The van der Waals surface area contributed by atoms with Crippen molar-refractivity contribution in [2.45, 2.75) is 32.7 Å². The Hall–Kier alpha value is -3.26. The van der Waals surface area contributed by atoms with Crippen molar-refractivity contribution in [2.24, 2.45) is 0 Å². The summed E-state index contributed by atoms with van der Waals surface area (Å²) >= 11 is 1.32. The number of imidazole rings is 1. The molecule has 0 saturated heterocycles. The molecule has 2 aromatic carbocycles. The molecular weight excluding hydrogens is 427 g/mol. The van der Waals surface area contributed by atoms with Crippen molar-refractivity contribution in [3.63, 3.8) is 0 Å². The molecule has 2 heterocycles. The molecule has 0 aliphatic carbocycles. The highest BCUT2D eigenvalue weighted by Crippen LogP contribution is 2.30. The maximum Gasteiger partial charge on any atom is 0.260 e. The molecule has 0 bridgehead atoms. The van der Waals surface area contributed by atoms with Crippen molar-refractivity contribution in [2.75, 3.05) is 18.1 Å². The average Bonchev–Trinajstić information content (AvgIpc) is 3.46. The number of fused-ring (bicyclic) bond motifs is 1. The number of anilines is 1. The number of benzene rings is 2. The Kier molecular flexibility index (Phi) is 7.11. The third-order valence-corrected chi connectivity index (χ3v) is 6.08. The molecular formula is C24H25FN4O2S. The number of aryl methyl sites for hydroxylation is 1. The van der Waals surface area contributed by atoms with E-state index in [-0.39, 0.29) is 11.7 Å². The van der Waals surface area contributed by atoms with E-state index in [2.05, 4.69) is 16.9 Å². The predicted molar refractivity (Wildman–Crippen MR) is 125 cm³/mol. The van der Waals surface area contributed by atoms with Gasteiger partial charge in [0.2, 0.25) is 0 Å². The molecule has 0 radical (unpaired) electrons. The summed E-state index contributed by atoms with van der Waals surface area (Å²) in [5.41, 5.74) is 1.24. The van der Waals surface area contributed by atoms with E-state index in [1.165, 1.54) is 23.5 Å². The van der Waals surface area contributed by atoms with Crippen LogP contribution in [0.15, 0.2) is 61.2 Å². The van der Waals surface area contributed by atoms with Crippen molar-refractivity contribution >= 4 is 32.6 Å². The van der Waals surface area contributed by atoms with Crippen molar-refractivity contribution in [3.05, 3.63) is 72.6 Å². The number of carbonyl (C=O) groups is 1. The van der Waals surface area contributed by atoms with Gasteiger partial charge in [0, 0.05) is 31.0 Å². The molecule has 0 N–H and O–H groups in total. The number of hydrogen-bond donors (Lipinski definition) is 0. The van der Waals surface area contributed by atoms with E-state index in [4.69, 9.17) is 4.74 Å². The zero-order valence-electron chi connectivity index (χ0n) is 17.9. The Bertz CT molecular complexity index is 1160. The van der Waals surface area contributed by atoms with Crippen molar-refractivity contribution in [1.29, 1.82) is 0 Å². The number of carbonyl (C=O) groups excluding carboxylic acids is 1. The van der Waals surface area contributed by atoms with E-state index >= 15 is 0 Å². The van der Waals surface area contributed by atoms with Crippen molar-refractivity contribution < 1.29 is 13.9 Å². The highest BCUT2D eigenvalue weighted by molar-refractivity contribution is 7.22. The number of thiazole rings is 1. The number of unbranched alkanes of at least 4 members (excludes halogenated alkanes) is 1. The first-order valence-corrected chi connectivity index (χ1v) is 11.5. The average molecular weight is 453 g/mol. The monoisotopic (exact) mass is 452 g/mol. The van der Waals surface area contributed by atoms with Crippen LogP contribution >= 0.6 is 11.3 Å². The Morgan fingerprint density at radius 1 is 1.19 bits per heavy atom. The smallest absolute Gasteiger partial charge is 0.260 e. The maximum atomic E-state index is 13.7. The molecule has 2 aromatic heterocycles. The summed E-state index contributed by atoms with van der Waals surface area (Å²) in [4.78, 5) is 23.7. The fourth-order valence-electron chi connectivity index (χ4n) is 3.30. The summed E-state index contributed by atoms with van der Waals surface area (Å²) in [5.74, 6) is 0.289. The lowest BCUT2D eigenvalue weighted by molar-refractivity contribution is 0.0986. The molecule has 0 atom stereocenters. The molecule has 0 spiro atoms. The van der Waals surface area contributed by atoms with Gasteiger partial charge in [-0.05, 0) is 55.3 Å². The van der Waals surface area contributed by atoms with Crippen LogP contribution < -0.4 is 9.64 Å². The van der Waals surface area contributed by atoms with Crippen LogP contribution in [-0.2, 0) is 6.54 Å². The first kappa shape index (κ1) is 22.0. The summed E-state index contributed by atoms with van der Waals surface area (Å²) in [5, 5.41) is 0.560. The lowest BCUT2D eigenvalue weighted by Crippen LogP contribution is -2.32. The SMILES string of the molecule is CCCCOc1ccc(C(=O)N(CCCn2ccnc2)c2nc3ccc(F)cc3s2)cc1. The number of aromatic nitrogens is 3. The fraction of sp³-hybridized carbons (Fsp3) is 0.292. The minimum atomic E-state index is -0.315. The van der Waals surface area contributed by atoms with Crippen molar-refractivity contribution in [1.82, 2.24) is 14.5 Å². The lowest BCUT2D eigenvalue weighted by Gasteiger charge is -2.20. The lowest BCUT2D eigenvalue weighted by atomic mass is 10.2. The minimum Gasteiger partial charge on any atom is -0.494 e. The van der Waals surface area contributed by atoms with Gasteiger partial charge in [0.15, 0.2) is 5.13 Å². The molecule has 166 valence electrons. The highest BCUT2D eigenvalue weighted by atomic mass is 32.1. The summed E-state index contributed by atoms with van der Waals surface area (Å²) in [6.07, 6.45) is 8.16. The second-order valence-corrected chi connectivity index (χ2v) is 8.45. The molecule has 0 unspecified atom stereocenters. The van der Waals surface area contributed by atoms with E-state index in [0.717, 1.165) is 31.6 Å². The van der Waals surface area contributed by atoms with Crippen LogP contribution in [0.1, 0.15) is 36.5 Å². The second-order valence-electron chi connectivity index (χ2n) is 7.45. The third-order valence-electron chi connectivity index (χ3n) is 5.04. The summed E-state index contributed by atoms with van der Waals surface area (Å²) in [6.45, 7) is 3.98. The minimum absolute atomic E-state index is 0.143. The van der Waals surface area contributed by atoms with Crippen LogP contribution in [-0.4, -0.2) is 33.6 Å². The molecule has 0 saturated carbocycles. The van der Waals surface area contributed by atoms with Gasteiger partial charge in [-0.25, -0.2) is 14.4 Å². The van der Waals surface area contributed by atoms with Crippen LogP contribution in [0.25, 0.3) is 10.2 Å². The Balaban J connectivity index is 1.54. The van der Waals surface area contributed by atoms with Gasteiger partial charge in [-0.15, -0.1) is 0 Å². The molecule has 4 rings (SSSR count). The molecule has 8 heteroatoms. The number of amides is 1. The van der Waals surface area contributed by atoms with Crippen LogP contribution in [0.2, 0.25) is 0 Å². The van der Waals surface area contributed by atoms with E-state index in [1.807, 2.05) is 22.9 Å². The molecule has 4 aromatic rings. The zero-order chi connectivity index (χ0) is 22.3. The molecule has 0 aliphatic rings. The Morgan fingerprint density at radius 2 is 2.03 bits per heavy atom. The molecule has 0 aliphatic heterocycles. The number of hydrogen-bond acceptors (Lipinski definition) is 5. The first-order chi connectivity index (χ1) is 15.6. The number of halogens is 1. The van der Waals surface area contributed by atoms with Gasteiger partial charge in [0.1, 0.15) is 11.6 Å². The normalized spacial score (nSPS) is 11.1. The van der Waals surface area contributed by atoms with Gasteiger partial charge >= 0.3 is 0 Å². The first-order valence-electron chi connectivity index (χ1n) is 10.7. The van der Waals surface area contributed by atoms with Crippen LogP contribution in [0, 0.1) is 5.82 Å². The van der Waals surface area contributed by atoms with Gasteiger partial charge in [-0.2, -0.15) is 0 Å². The van der Waals surface area contributed by atoms with E-state index in [1.54, 1.807) is 35.6 Å². The van der Waals surface area contributed by atoms with Crippen LogP contribution in [0.5, 0.6) is 5.75 Å². The molecule has 32 heavy (non-hydrogen) atoms. The van der Waals surface area contributed by atoms with Gasteiger partial charge in [-0.3, -0.25) is 9.69 Å². The molecule has 1 amide bonds. The number of rotatable bonds is 10. The standard InChI is InChI=1S/C24H25FN4O2S/c1-2-3-15-31-20-8-5-18(6-9-20)23(30)29(13-4-12-28-14-11-26-17-28)24-27-21-10-7-19(25)16-22(21)32-24/h5-11,14,16-17H,2-4,12-13,15H2,1H3. The van der Waals surface area contributed by atoms with Crippen LogP contribution in [0.4, 0.5) is 9.52 Å². The van der Waals surface area contributed by atoms with Gasteiger partial charge < -0.3 is 9.30 Å². The summed E-state index contributed by atoms with van der Waals surface area (Å²) < 4.78 is 22.0. The molecule has 6 nitrogen and oxygen atoms in total. The largest absolute Gasteiger partial charge is 0.494 e. The second kappa shape index (κ2) is 10.4. The quantitative estimate of drug-likeness (QED) is 0.296. The Labute approximate surface area is 190 Å². The number of nitrogens with zero attached hydrogens (tertiary/aromatic N) is 4. The zero-order valence-corrected chi connectivity index (χ0v) is 18.7. The number of ether oxygens (including phenoxy) is 1. The topological polar surface area (TPSA) is 60.2 Å². The van der Waals surface area contributed by atoms with E-state index < -0.39 is 0 Å². The van der Waals surface area contributed by atoms with E-state index in [0.29, 0.717) is 34.1 Å². The summed E-state index contributed by atoms with van der Waals surface area (Å²) in [6, 6.07) is 11.7. The molecule has 0 fully saturated rings. The Morgan fingerprint density at radius 3 is 2.78 bits per heavy atom. The van der Waals surface area contributed by atoms with Crippen LogP contribution in [0.3, 0.4) is 0 Å². The van der Waals surface area contributed by atoms with Gasteiger partial charge in [0.25, 0.3) is 5.91 Å². The van der Waals surface area contributed by atoms with E-state index in [9.17, 15) is 9.18 Å². The predicted octanol–water partition coefficient (Wildman–Crippen LogP) is 5.55. The van der Waals surface area contributed by atoms with Gasteiger partial charge in [-0.1, -0.05) is 24.7 Å². The summed E-state index contributed by atoms with van der Waals surface area (Å²) in [7, 11) is 0.